The zero-order valence-electron chi connectivity index (χ0n) is 61.7. The highest BCUT2D eigenvalue weighted by molar-refractivity contribution is 5.70. The monoisotopic (exact) mass is 1300 g/mol. The predicted molar refractivity (Wildman–Crippen MR) is 417 cm³/mol. The minimum Gasteiger partial charge on any atom is -0.462 e. The number of aliphatic hydroxyl groups is 1. The Bertz CT molecular complexity index is 1960. The van der Waals surface area contributed by atoms with Crippen LogP contribution in [0.3, 0.4) is 0 Å². The lowest BCUT2D eigenvalue weighted by molar-refractivity contribution is -0.161. The average molecular weight is 1300 g/mol. The van der Waals surface area contributed by atoms with E-state index in [1.165, 1.54) is 225 Å². The molecule has 1 unspecified atom stereocenters. The number of rotatable bonds is 73. The molecule has 0 amide bonds. The van der Waals surface area contributed by atoms with Gasteiger partial charge in [-0.1, -0.05) is 390 Å². The molecule has 0 bridgehead atoms. The van der Waals surface area contributed by atoms with Gasteiger partial charge in [0, 0.05) is 12.8 Å². The van der Waals surface area contributed by atoms with Gasteiger partial charge in [-0.25, -0.2) is 0 Å². The summed E-state index contributed by atoms with van der Waals surface area (Å²) in [5.74, 6) is -0.594. The molecule has 0 aromatic heterocycles. The molecular weight excluding hydrogens is 1150 g/mol. The average Bonchev–Trinajstić information content (AvgIpc) is 3.65. The molecular formula is C89H150O5. The first kappa shape index (κ1) is 89.5. The maximum atomic E-state index is 12.4. The van der Waals surface area contributed by atoms with Crippen LogP contribution in [0, 0.1) is 0 Å². The largest absolute Gasteiger partial charge is 0.462 e. The van der Waals surface area contributed by atoms with Crippen LogP contribution in [0.5, 0.6) is 0 Å². The van der Waals surface area contributed by atoms with Crippen LogP contribution in [-0.2, 0) is 19.1 Å². The number of allylic oxidation sites excluding steroid dienone is 26. The van der Waals surface area contributed by atoms with Crippen molar-refractivity contribution in [2.24, 2.45) is 0 Å². The second-order valence-corrected chi connectivity index (χ2v) is 26.4. The topological polar surface area (TPSA) is 72.8 Å². The number of carbonyl (C=O) groups excluding carboxylic acids is 2. The van der Waals surface area contributed by atoms with Crippen molar-refractivity contribution in [2.45, 2.75) is 380 Å². The SMILES string of the molecule is CC/C=C\C/C=C\C/C=C\C/C=C\C/C=C\C/C=C\C/C=C\C/C=C\C/C=C\C/C=C\CCCCCCCCCCC(=O)OC(CO)COC(=O)CCCCCCCCCCCCCCCCCCCCCCCCCCCC/C=C\C/C=C\C/C=C\CCCCCCC. The maximum Gasteiger partial charge on any atom is 0.306 e. The summed E-state index contributed by atoms with van der Waals surface area (Å²) in [7, 11) is 0. The van der Waals surface area contributed by atoms with E-state index in [1.807, 2.05) is 0 Å². The van der Waals surface area contributed by atoms with Crippen molar-refractivity contribution in [1.82, 2.24) is 0 Å². The van der Waals surface area contributed by atoms with E-state index >= 15 is 0 Å². The summed E-state index contributed by atoms with van der Waals surface area (Å²) in [6, 6.07) is 0. The van der Waals surface area contributed by atoms with E-state index in [2.05, 4.69) is 172 Å². The van der Waals surface area contributed by atoms with Crippen LogP contribution in [0.2, 0.25) is 0 Å². The minimum absolute atomic E-state index is 0.0736. The zero-order chi connectivity index (χ0) is 67.5. The van der Waals surface area contributed by atoms with E-state index in [0.29, 0.717) is 12.8 Å². The lowest BCUT2D eigenvalue weighted by Gasteiger charge is -2.15. The normalized spacial score (nSPS) is 13.1. The molecule has 5 heteroatoms. The summed E-state index contributed by atoms with van der Waals surface area (Å²) >= 11 is 0. The molecule has 0 aliphatic carbocycles. The van der Waals surface area contributed by atoms with Crippen LogP contribution in [-0.4, -0.2) is 36.4 Å². The van der Waals surface area contributed by atoms with E-state index in [4.69, 9.17) is 9.47 Å². The zero-order valence-corrected chi connectivity index (χ0v) is 61.7. The molecule has 0 heterocycles. The van der Waals surface area contributed by atoms with Gasteiger partial charge in [0.25, 0.3) is 0 Å². The number of aliphatic hydroxyl groups excluding tert-OH is 1. The molecule has 1 atom stereocenters. The summed E-state index contributed by atoms with van der Waals surface area (Å²) < 4.78 is 10.8. The van der Waals surface area contributed by atoms with Gasteiger partial charge in [0.05, 0.1) is 6.61 Å². The van der Waals surface area contributed by atoms with Crippen molar-refractivity contribution >= 4 is 11.9 Å². The Morgan fingerprint density at radius 1 is 0.255 bits per heavy atom. The number of ether oxygens (including phenoxy) is 2. The number of carbonyl (C=O) groups is 2. The van der Waals surface area contributed by atoms with Crippen molar-refractivity contribution in [2.75, 3.05) is 13.2 Å². The van der Waals surface area contributed by atoms with Crippen molar-refractivity contribution < 1.29 is 24.2 Å². The van der Waals surface area contributed by atoms with E-state index in [-0.39, 0.29) is 25.2 Å². The summed E-state index contributed by atoms with van der Waals surface area (Å²) in [6.45, 7) is 4.03. The van der Waals surface area contributed by atoms with Gasteiger partial charge < -0.3 is 14.6 Å². The molecule has 0 saturated carbocycles. The quantitative estimate of drug-likeness (QED) is 0.0373. The fraction of sp³-hybridized carbons (Fsp3) is 0.685. The van der Waals surface area contributed by atoms with E-state index in [1.54, 1.807) is 0 Å². The fourth-order valence-corrected chi connectivity index (χ4v) is 11.4. The Kier molecular flexibility index (Phi) is 78.8. The highest BCUT2D eigenvalue weighted by Gasteiger charge is 2.16. The lowest BCUT2D eigenvalue weighted by atomic mass is 10.0. The summed E-state index contributed by atoms with van der Waals surface area (Å²) in [4.78, 5) is 24.7. The van der Waals surface area contributed by atoms with Crippen LogP contribution >= 0.6 is 0 Å². The van der Waals surface area contributed by atoms with Gasteiger partial charge in [0.15, 0.2) is 6.10 Å². The molecule has 0 radical (unpaired) electrons. The first-order chi connectivity index (χ1) is 46.6. The van der Waals surface area contributed by atoms with Gasteiger partial charge in [-0.15, -0.1) is 0 Å². The second-order valence-electron chi connectivity index (χ2n) is 26.4. The number of esters is 2. The van der Waals surface area contributed by atoms with Gasteiger partial charge in [-0.05, 0) is 128 Å². The molecule has 0 rings (SSSR count). The Morgan fingerprint density at radius 3 is 0.691 bits per heavy atom. The van der Waals surface area contributed by atoms with Crippen molar-refractivity contribution in [3.8, 4) is 0 Å². The highest BCUT2D eigenvalue weighted by atomic mass is 16.6. The van der Waals surface area contributed by atoms with Crippen LogP contribution in [0.4, 0.5) is 0 Å². The molecule has 0 spiro atoms. The Hall–Kier alpha value is -4.48. The molecule has 1 N–H and O–H groups in total. The Labute approximate surface area is 583 Å². The first-order valence-electron chi connectivity index (χ1n) is 40.0. The summed E-state index contributed by atoms with van der Waals surface area (Å²) in [5, 5.41) is 9.73. The number of hydrogen-bond acceptors (Lipinski definition) is 5. The predicted octanol–water partition coefficient (Wildman–Crippen LogP) is 28.5. The molecule has 0 fully saturated rings. The summed E-state index contributed by atoms with van der Waals surface area (Å²) in [5.41, 5.74) is 0. The van der Waals surface area contributed by atoms with Crippen molar-refractivity contribution in [3.05, 3.63) is 158 Å². The first-order valence-corrected chi connectivity index (χ1v) is 40.0. The number of hydrogen-bond donors (Lipinski definition) is 1. The van der Waals surface area contributed by atoms with Gasteiger partial charge in [-0.2, -0.15) is 0 Å². The van der Waals surface area contributed by atoms with Gasteiger partial charge in [0.1, 0.15) is 6.61 Å². The Morgan fingerprint density at radius 2 is 0.457 bits per heavy atom. The van der Waals surface area contributed by atoms with Crippen LogP contribution in [0.15, 0.2) is 158 Å². The molecule has 0 aromatic rings. The van der Waals surface area contributed by atoms with E-state index in [9.17, 15) is 14.7 Å². The molecule has 0 aliphatic rings. The van der Waals surface area contributed by atoms with Gasteiger partial charge in [0.2, 0.25) is 0 Å². The van der Waals surface area contributed by atoms with E-state index < -0.39 is 6.10 Å². The van der Waals surface area contributed by atoms with Gasteiger partial charge >= 0.3 is 11.9 Å². The molecule has 94 heavy (non-hydrogen) atoms. The molecule has 0 aromatic carbocycles. The van der Waals surface area contributed by atoms with Gasteiger partial charge in [-0.3, -0.25) is 9.59 Å². The second kappa shape index (κ2) is 82.7. The standard InChI is InChI=1S/C89H150O5/c1-3-5-7-9-11-13-15-17-19-21-23-25-27-29-31-33-35-37-39-41-43-44-46-47-49-51-53-55-57-59-61-63-65-67-69-71-73-75-77-79-81-83-88(91)93-86-87(85-90)94-89(92)84-82-80-78-76-74-72-70-68-66-64-62-60-58-56-54-52-50-48-45-42-40-38-36-34-32-30-28-26-24-22-20-18-16-14-12-10-8-6-4-2/h6,8,12,14-15,17-18,20-21,23-24,26-27,29-30,32,36,38,42,45,50,52,56,58,62,64,87,90H,3-5,7,9-11,13,16,19,22,25,28,31,33-35,37,39-41,43-44,46-49,51,53-55,57,59-61,63,65-86H2,1-2H3/b8-6-,14-12-,17-15-,20-18-,23-21-,26-24-,29-27-,32-30-,38-36-,45-42-,52-50-,58-56-,64-62-. The molecule has 536 valence electrons. The fourth-order valence-electron chi connectivity index (χ4n) is 11.4. The summed E-state index contributed by atoms with van der Waals surface area (Å²) in [6.07, 6.45) is 126. The third kappa shape index (κ3) is 80.0. The molecule has 0 aliphatic heterocycles. The lowest BCUT2D eigenvalue weighted by Crippen LogP contribution is -2.28. The molecule has 0 saturated heterocycles. The van der Waals surface area contributed by atoms with Crippen molar-refractivity contribution in [3.63, 3.8) is 0 Å². The third-order valence-corrected chi connectivity index (χ3v) is 17.3. The molecule has 5 nitrogen and oxygen atoms in total. The van der Waals surface area contributed by atoms with Crippen LogP contribution in [0.1, 0.15) is 373 Å². The number of unbranched alkanes of at least 4 members (excludes halogenated alkanes) is 39. The van der Waals surface area contributed by atoms with Crippen molar-refractivity contribution in [1.29, 1.82) is 0 Å². The maximum absolute atomic E-state index is 12.4. The Balaban J connectivity index is 3.49. The van der Waals surface area contributed by atoms with E-state index in [0.717, 1.165) is 122 Å². The van der Waals surface area contributed by atoms with Crippen LogP contribution < -0.4 is 0 Å². The third-order valence-electron chi connectivity index (χ3n) is 17.3. The smallest absolute Gasteiger partial charge is 0.306 e. The highest BCUT2D eigenvalue weighted by Crippen LogP contribution is 2.18. The minimum atomic E-state index is -0.787. The van der Waals surface area contributed by atoms with Crippen LogP contribution in [0.25, 0.3) is 0 Å².